The Morgan fingerprint density at radius 3 is 2.81 bits per heavy atom. The summed E-state index contributed by atoms with van der Waals surface area (Å²) < 4.78 is 25.0. The minimum absolute atomic E-state index is 0.189. The van der Waals surface area contributed by atoms with Gasteiger partial charge in [0.15, 0.2) is 17.1 Å². The van der Waals surface area contributed by atoms with Crippen molar-refractivity contribution in [3.63, 3.8) is 0 Å². The molecule has 0 atom stereocenters. The van der Waals surface area contributed by atoms with Crippen molar-refractivity contribution in [2.45, 2.75) is 20.1 Å². The maximum absolute atomic E-state index is 5.94. The van der Waals surface area contributed by atoms with Crippen molar-refractivity contribution in [3.8, 4) is 23.1 Å². The van der Waals surface area contributed by atoms with Gasteiger partial charge in [-0.25, -0.2) is 4.98 Å². The molecule has 0 saturated carbocycles. The van der Waals surface area contributed by atoms with Crippen LogP contribution in [-0.4, -0.2) is 60.6 Å². The van der Waals surface area contributed by atoms with Gasteiger partial charge in [-0.2, -0.15) is 9.61 Å². The van der Waals surface area contributed by atoms with Crippen molar-refractivity contribution in [1.82, 2.24) is 39.7 Å². The van der Waals surface area contributed by atoms with Crippen molar-refractivity contribution < 1.29 is 18.7 Å². The first-order valence-electron chi connectivity index (χ1n) is 9.83. The SMILES string of the molecule is COCCn1ncc2nc(COc3nn4c(-c5cc(C)on5)nnc4cc3OC)ccc21. The zero-order valence-corrected chi connectivity index (χ0v) is 17.7. The van der Waals surface area contributed by atoms with Crippen LogP contribution in [-0.2, 0) is 17.9 Å². The monoisotopic (exact) mass is 436 g/mol. The van der Waals surface area contributed by atoms with E-state index in [1.54, 1.807) is 32.4 Å². The molecule has 5 aromatic heterocycles. The lowest BCUT2D eigenvalue weighted by atomic mass is 10.3. The first-order chi connectivity index (χ1) is 15.7. The van der Waals surface area contributed by atoms with Crippen molar-refractivity contribution in [3.05, 3.63) is 41.9 Å². The summed E-state index contributed by atoms with van der Waals surface area (Å²) in [7, 11) is 3.20. The van der Waals surface area contributed by atoms with Gasteiger partial charge in [-0.15, -0.1) is 15.3 Å². The molecule has 0 N–H and O–H groups in total. The summed E-state index contributed by atoms with van der Waals surface area (Å²) in [5.74, 6) is 1.81. The quantitative estimate of drug-likeness (QED) is 0.356. The summed E-state index contributed by atoms with van der Waals surface area (Å²) >= 11 is 0. The summed E-state index contributed by atoms with van der Waals surface area (Å²) in [5.41, 5.74) is 3.45. The Kier molecular flexibility index (Phi) is 5.11. The number of aromatic nitrogens is 8. The average Bonchev–Trinajstić information content (AvgIpc) is 3.53. The van der Waals surface area contributed by atoms with E-state index in [1.165, 1.54) is 11.6 Å². The highest BCUT2D eigenvalue weighted by atomic mass is 16.5. The van der Waals surface area contributed by atoms with E-state index in [9.17, 15) is 0 Å². The van der Waals surface area contributed by atoms with Crippen LogP contribution in [0.1, 0.15) is 11.5 Å². The Bertz CT molecular complexity index is 1390. The van der Waals surface area contributed by atoms with Gasteiger partial charge in [0.1, 0.15) is 17.9 Å². The van der Waals surface area contributed by atoms with Crippen molar-refractivity contribution in [2.75, 3.05) is 20.8 Å². The largest absolute Gasteiger partial charge is 0.491 e. The molecule has 0 aliphatic carbocycles. The third kappa shape index (κ3) is 3.60. The predicted octanol–water partition coefficient (Wildman–Crippen LogP) is 2.07. The third-order valence-electron chi connectivity index (χ3n) is 4.83. The van der Waals surface area contributed by atoms with Gasteiger partial charge < -0.3 is 18.7 Å². The molecular weight excluding hydrogens is 416 g/mol. The van der Waals surface area contributed by atoms with Crippen LogP contribution in [0.4, 0.5) is 0 Å². The van der Waals surface area contributed by atoms with Crippen LogP contribution in [0, 0.1) is 6.92 Å². The van der Waals surface area contributed by atoms with Gasteiger partial charge in [0, 0.05) is 19.2 Å². The molecule has 5 rings (SSSR count). The average molecular weight is 436 g/mol. The maximum atomic E-state index is 5.94. The number of aryl methyl sites for hydroxylation is 1. The molecule has 0 unspecified atom stereocenters. The molecule has 0 aromatic carbocycles. The molecule has 0 amide bonds. The minimum Gasteiger partial charge on any atom is -0.491 e. The molecule has 164 valence electrons. The zero-order valence-electron chi connectivity index (χ0n) is 17.7. The Morgan fingerprint density at radius 2 is 2.03 bits per heavy atom. The number of methoxy groups -OCH3 is 2. The van der Waals surface area contributed by atoms with Crippen LogP contribution >= 0.6 is 0 Å². The molecule has 0 aliphatic heterocycles. The molecule has 12 heteroatoms. The molecule has 12 nitrogen and oxygen atoms in total. The van der Waals surface area contributed by atoms with Crippen LogP contribution in [0.2, 0.25) is 0 Å². The molecule has 0 fully saturated rings. The van der Waals surface area contributed by atoms with E-state index in [4.69, 9.17) is 18.7 Å². The smallest absolute Gasteiger partial charge is 0.275 e. The normalized spacial score (nSPS) is 11.5. The molecule has 5 heterocycles. The van der Waals surface area contributed by atoms with Gasteiger partial charge >= 0.3 is 0 Å². The van der Waals surface area contributed by atoms with E-state index in [2.05, 4.69) is 30.5 Å². The lowest BCUT2D eigenvalue weighted by Gasteiger charge is -2.10. The van der Waals surface area contributed by atoms with Gasteiger partial charge in [0.2, 0.25) is 5.82 Å². The number of pyridine rings is 1. The fourth-order valence-corrected chi connectivity index (χ4v) is 3.27. The maximum Gasteiger partial charge on any atom is 0.275 e. The second kappa shape index (κ2) is 8.23. The fraction of sp³-hybridized carbons (Fsp3) is 0.300. The summed E-state index contributed by atoms with van der Waals surface area (Å²) in [6, 6.07) is 7.31. The van der Waals surface area contributed by atoms with Crippen molar-refractivity contribution in [1.29, 1.82) is 0 Å². The van der Waals surface area contributed by atoms with Gasteiger partial charge in [0.25, 0.3) is 5.88 Å². The molecule has 0 bridgehead atoms. The number of fused-ring (bicyclic) bond motifs is 2. The Hall–Kier alpha value is -4.06. The zero-order chi connectivity index (χ0) is 22.1. The third-order valence-corrected chi connectivity index (χ3v) is 4.83. The summed E-state index contributed by atoms with van der Waals surface area (Å²) in [4.78, 5) is 4.62. The van der Waals surface area contributed by atoms with E-state index in [0.717, 1.165) is 16.7 Å². The summed E-state index contributed by atoms with van der Waals surface area (Å²) in [5, 5.41) is 21.1. The number of hydrogen-bond donors (Lipinski definition) is 0. The van der Waals surface area contributed by atoms with E-state index in [0.29, 0.717) is 41.8 Å². The molecule has 32 heavy (non-hydrogen) atoms. The van der Waals surface area contributed by atoms with Gasteiger partial charge in [-0.05, 0) is 19.1 Å². The topological polar surface area (TPSA) is 128 Å². The lowest BCUT2D eigenvalue weighted by Crippen LogP contribution is -2.06. The minimum atomic E-state index is 0.189. The summed E-state index contributed by atoms with van der Waals surface area (Å²) in [6.45, 7) is 3.23. The fourth-order valence-electron chi connectivity index (χ4n) is 3.27. The van der Waals surface area contributed by atoms with E-state index in [-0.39, 0.29) is 12.5 Å². The van der Waals surface area contributed by atoms with Crippen LogP contribution in [0.3, 0.4) is 0 Å². The predicted molar refractivity (Wildman–Crippen MR) is 111 cm³/mol. The van der Waals surface area contributed by atoms with Gasteiger partial charge in [0.05, 0.1) is 37.7 Å². The molecule has 0 aliphatic rings. The van der Waals surface area contributed by atoms with Crippen molar-refractivity contribution >= 4 is 16.7 Å². The van der Waals surface area contributed by atoms with Crippen LogP contribution in [0.15, 0.2) is 35.0 Å². The van der Waals surface area contributed by atoms with Gasteiger partial charge in [-0.3, -0.25) is 4.68 Å². The number of ether oxygens (including phenoxy) is 3. The number of rotatable bonds is 8. The Balaban J connectivity index is 1.42. The first-order valence-corrected chi connectivity index (χ1v) is 9.83. The number of nitrogens with zero attached hydrogens (tertiary/aromatic N) is 8. The lowest BCUT2D eigenvalue weighted by molar-refractivity contribution is 0.185. The molecule has 0 radical (unpaired) electrons. The van der Waals surface area contributed by atoms with Crippen LogP contribution in [0.5, 0.6) is 11.6 Å². The van der Waals surface area contributed by atoms with E-state index >= 15 is 0 Å². The van der Waals surface area contributed by atoms with Gasteiger partial charge in [-0.1, -0.05) is 5.16 Å². The summed E-state index contributed by atoms with van der Waals surface area (Å²) in [6.07, 6.45) is 1.72. The highest BCUT2D eigenvalue weighted by molar-refractivity contribution is 5.74. The van der Waals surface area contributed by atoms with E-state index < -0.39 is 0 Å². The van der Waals surface area contributed by atoms with Crippen LogP contribution in [0.25, 0.3) is 28.2 Å². The standard InChI is InChI=1S/C20H20N8O4/c1-12-8-14(26-32-12)19-24-23-18-9-17(30-3)20(25-28(18)19)31-11-13-4-5-16-15(22-13)10-21-27(16)6-7-29-2/h4-5,8-10H,6-7,11H2,1-3H3. The number of hydrogen-bond acceptors (Lipinski definition) is 10. The van der Waals surface area contributed by atoms with Crippen molar-refractivity contribution in [2.24, 2.45) is 0 Å². The first kappa shape index (κ1) is 19.9. The highest BCUT2D eigenvalue weighted by Gasteiger charge is 2.18. The second-order valence-corrected chi connectivity index (χ2v) is 6.99. The Morgan fingerprint density at radius 1 is 1.12 bits per heavy atom. The molecule has 0 spiro atoms. The highest BCUT2D eigenvalue weighted by Crippen LogP contribution is 2.28. The second-order valence-electron chi connectivity index (χ2n) is 6.99. The molecule has 5 aromatic rings. The Labute approximate surface area is 181 Å². The van der Waals surface area contributed by atoms with E-state index in [1.807, 2.05) is 16.8 Å². The van der Waals surface area contributed by atoms with Crippen LogP contribution < -0.4 is 9.47 Å². The molecular formula is C20H20N8O4. The molecule has 0 saturated heterocycles.